The van der Waals surface area contributed by atoms with Crippen molar-refractivity contribution in [1.29, 1.82) is 0 Å². The number of aromatic carboxylic acids is 1. The summed E-state index contributed by atoms with van der Waals surface area (Å²) in [6, 6.07) is 10.2. The van der Waals surface area contributed by atoms with Crippen molar-refractivity contribution in [2.45, 2.75) is 0 Å². The summed E-state index contributed by atoms with van der Waals surface area (Å²) in [6.07, 6.45) is 0. The van der Waals surface area contributed by atoms with E-state index in [0.717, 1.165) is 11.1 Å². The van der Waals surface area contributed by atoms with E-state index in [2.05, 4.69) is 0 Å². The fourth-order valence-corrected chi connectivity index (χ4v) is 2.08. The molecule has 0 radical (unpaired) electrons. The minimum Gasteiger partial charge on any atom is -0.493 e. The van der Waals surface area contributed by atoms with Crippen LogP contribution in [-0.2, 0) is 0 Å². The molecule has 0 atom stereocenters. The topological polar surface area (TPSA) is 55.8 Å². The number of rotatable bonds is 4. The van der Waals surface area contributed by atoms with Gasteiger partial charge >= 0.3 is 5.97 Å². The lowest BCUT2D eigenvalue weighted by Gasteiger charge is -2.10. The van der Waals surface area contributed by atoms with Gasteiger partial charge in [0.15, 0.2) is 11.5 Å². The van der Waals surface area contributed by atoms with Crippen molar-refractivity contribution in [2.75, 3.05) is 14.2 Å². The summed E-state index contributed by atoms with van der Waals surface area (Å²) in [7, 11) is 3.11. The number of carbonyl (C=O) groups is 1. The maximum atomic E-state index is 11.1. The van der Waals surface area contributed by atoms with Crippen LogP contribution in [0.3, 0.4) is 0 Å². The predicted octanol–water partition coefficient (Wildman–Crippen LogP) is 3.72. The molecule has 0 aliphatic rings. The van der Waals surface area contributed by atoms with Crippen LogP contribution in [0.25, 0.3) is 11.1 Å². The summed E-state index contributed by atoms with van der Waals surface area (Å²) in [5.41, 5.74) is 1.63. The van der Waals surface area contributed by atoms with Gasteiger partial charge in [-0.05, 0) is 35.4 Å². The molecule has 0 amide bonds. The molecule has 0 aliphatic heterocycles. The predicted molar refractivity (Wildman–Crippen MR) is 77.0 cm³/mol. The first-order valence-corrected chi connectivity index (χ1v) is 6.20. The molecular weight excluding hydrogens is 280 g/mol. The van der Waals surface area contributed by atoms with Gasteiger partial charge in [-0.15, -0.1) is 0 Å². The van der Waals surface area contributed by atoms with E-state index in [-0.39, 0.29) is 10.6 Å². The van der Waals surface area contributed by atoms with E-state index >= 15 is 0 Å². The molecule has 0 aromatic heterocycles. The Labute approximate surface area is 121 Å². The van der Waals surface area contributed by atoms with Crippen LogP contribution in [-0.4, -0.2) is 25.3 Å². The second kappa shape index (κ2) is 5.84. The number of halogens is 1. The molecule has 2 rings (SSSR count). The van der Waals surface area contributed by atoms with E-state index in [1.165, 1.54) is 6.07 Å². The molecule has 2 aromatic rings. The standard InChI is InChI=1S/C15H13ClO4/c1-19-13-6-4-10(8-14(13)20-2)9-3-5-12(16)11(7-9)15(17)18/h3-8H,1-2H3,(H,17,18). The Hall–Kier alpha value is -2.20. The van der Waals surface area contributed by atoms with Gasteiger partial charge < -0.3 is 14.6 Å². The van der Waals surface area contributed by atoms with Crippen LogP contribution in [0, 0.1) is 0 Å². The van der Waals surface area contributed by atoms with Crippen molar-refractivity contribution >= 4 is 17.6 Å². The zero-order valence-electron chi connectivity index (χ0n) is 11.0. The van der Waals surface area contributed by atoms with Crippen molar-refractivity contribution in [1.82, 2.24) is 0 Å². The van der Waals surface area contributed by atoms with E-state index in [1.54, 1.807) is 38.5 Å². The van der Waals surface area contributed by atoms with Gasteiger partial charge in [-0.3, -0.25) is 0 Å². The van der Waals surface area contributed by atoms with Gasteiger partial charge in [0.1, 0.15) is 0 Å². The largest absolute Gasteiger partial charge is 0.493 e. The first-order valence-electron chi connectivity index (χ1n) is 5.82. The molecule has 0 saturated carbocycles. The Morgan fingerprint density at radius 2 is 1.60 bits per heavy atom. The normalized spacial score (nSPS) is 10.2. The van der Waals surface area contributed by atoms with Gasteiger partial charge in [0.05, 0.1) is 24.8 Å². The number of benzene rings is 2. The smallest absolute Gasteiger partial charge is 0.337 e. The Bertz CT molecular complexity index is 652. The molecule has 0 saturated heterocycles. The lowest BCUT2D eigenvalue weighted by molar-refractivity contribution is 0.0697. The molecule has 0 spiro atoms. The van der Waals surface area contributed by atoms with Gasteiger partial charge in [0.2, 0.25) is 0 Å². The minimum absolute atomic E-state index is 0.0685. The highest BCUT2D eigenvalue weighted by Crippen LogP contribution is 2.33. The second-order valence-corrected chi connectivity index (χ2v) is 4.48. The monoisotopic (exact) mass is 292 g/mol. The fraction of sp³-hybridized carbons (Fsp3) is 0.133. The van der Waals surface area contributed by atoms with E-state index in [4.69, 9.17) is 26.2 Å². The van der Waals surface area contributed by atoms with E-state index in [0.29, 0.717) is 11.5 Å². The van der Waals surface area contributed by atoms with Gasteiger partial charge in [-0.1, -0.05) is 23.7 Å². The summed E-state index contributed by atoms with van der Waals surface area (Å²) >= 11 is 5.86. The molecular formula is C15H13ClO4. The number of hydrogen-bond acceptors (Lipinski definition) is 3. The summed E-state index contributed by atoms with van der Waals surface area (Å²) in [5, 5.41) is 9.30. The van der Waals surface area contributed by atoms with E-state index < -0.39 is 5.97 Å². The van der Waals surface area contributed by atoms with Crippen LogP contribution in [0.4, 0.5) is 0 Å². The molecule has 0 bridgehead atoms. The number of methoxy groups -OCH3 is 2. The van der Waals surface area contributed by atoms with Crippen LogP contribution < -0.4 is 9.47 Å². The van der Waals surface area contributed by atoms with E-state index in [9.17, 15) is 4.79 Å². The SMILES string of the molecule is COc1ccc(-c2ccc(Cl)c(C(=O)O)c2)cc1OC. The second-order valence-electron chi connectivity index (χ2n) is 4.07. The third-order valence-electron chi connectivity index (χ3n) is 2.91. The molecule has 5 heteroatoms. The van der Waals surface area contributed by atoms with Gasteiger partial charge in [-0.25, -0.2) is 4.79 Å². The molecule has 104 valence electrons. The Morgan fingerprint density at radius 1 is 1.00 bits per heavy atom. The Balaban J connectivity index is 2.51. The summed E-state index contributed by atoms with van der Waals surface area (Å²) in [4.78, 5) is 11.1. The van der Waals surface area contributed by atoms with Crippen molar-refractivity contribution in [3.05, 3.63) is 47.0 Å². The van der Waals surface area contributed by atoms with Gasteiger partial charge in [0.25, 0.3) is 0 Å². The van der Waals surface area contributed by atoms with Crippen molar-refractivity contribution < 1.29 is 19.4 Å². The third kappa shape index (κ3) is 2.70. The maximum absolute atomic E-state index is 11.1. The zero-order chi connectivity index (χ0) is 14.7. The molecule has 0 fully saturated rings. The maximum Gasteiger partial charge on any atom is 0.337 e. The Kier molecular flexibility index (Phi) is 4.15. The van der Waals surface area contributed by atoms with Gasteiger partial charge in [0, 0.05) is 0 Å². The molecule has 0 aliphatic carbocycles. The molecule has 2 aromatic carbocycles. The quantitative estimate of drug-likeness (QED) is 0.933. The number of carboxylic acid groups (broad SMARTS) is 1. The molecule has 0 heterocycles. The summed E-state index contributed by atoms with van der Waals surface area (Å²) < 4.78 is 10.4. The lowest BCUT2D eigenvalue weighted by Crippen LogP contribution is -1.98. The average molecular weight is 293 g/mol. The molecule has 4 nitrogen and oxygen atoms in total. The van der Waals surface area contributed by atoms with Crippen LogP contribution in [0.2, 0.25) is 5.02 Å². The van der Waals surface area contributed by atoms with Crippen molar-refractivity contribution in [3.8, 4) is 22.6 Å². The van der Waals surface area contributed by atoms with Crippen molar-refractivity contribution in [3.63, 3.8) is 0 Å². The summed E-state index contributed by atoms with van der Waals surface area (Å²) in [6.45, 7) is 0. The van der Waals surface area contributed by atoms with Crippen LogP contribution in [0.15, 0.2) is 36.4 Å². The van der Waals surface area contributed by atoms with Crippen LogP contribution in [0.5, 0.6) is 11.5 Å². The van der Waals surface area contributed by atoms with Gasteiger partial charge in [-0.2, -0.15) is 0 Å². The molecule has 1 N–H and O–H groups in total. The molecule has 0 unspecified atom stereocenters. The minimum atomic E-state index is -1.06. The zero-order valence-corrected chi connectivity index (χ0v) is 11.8. The van der Waals surface area contributed by atoms with Crippen LogP contribution in [0.1, 0.15) is 10.4 Å². The third-order valence-corrected chi connectivity index (χ3v) is 3.24. The number of carboxylic acids is 1. The number of ether oxygens (including phenoxy) is 2. The highest BCUT2D eigenvalue weighted by atomic mass is 35.5. The van der Waals surface area contributed by atoms with Crippen LogP contribution >= 0.6 is 11.6 Å². The fourth-order valence-electron chi connectivity index (χ4n) is 1.88. The molecule has 20 heavy (non-hydrogen) atoms. The lowest BCUT2D eigenvalue weighted by atomic mass is 10.0. The first kappa shape index (κ1) is 14.2. The van der Waals surface area contributed by atoms with Crippen molar-refractivity contribution in [2.24, 2.45) is 0 Å². The van der Waals surface area contributed by atoms with E-state index in [1.807, 2.05) is 6.07 Å². The number of hydrogen-bond donors (Lipinski definition) is 1. The first-order chi connectivity index (χ1) is 9.56. The summed E-state index contributed by atoms with van der Waals surface area (Å²) in [5.74, 6) is 0.137. The Morgan fingerprint density at radius 3 is 2.20 bits per heavy atom. The average Bonchev–Trinajstić information content (AvgIpc) is 2.46. The highest BCUT2D eigenvalue weighted by molar-refractivity contribution is 6.33. The highest BCUT2D eigenvalue weighted by Gasteiger charge is 2.12.